The largest absolute Gasteiger partial charge is 0.368 e. The first-order valence-corrected chi connectivity index (χ1v) is 23.2. The van der Waals surface area contributed by atoms with Gasteiger partial charge in [0.2, 0.25) is 41.4 Å². The fourth-order valence-corrected chi connectivity index (χ4v) is 10.1. The second kappa shape index (κ2) is 22.5. The highest BCUT2D eigenvalue weighted by Gasteiger charge is 2.40. The molecule has 1 saturated carbocycles. The second-order valence-electron chi connectivity index (χ2n) is 17.3. The van der Waals surface area contributed by atoms with Gasteiger partial charge in [0.25, 0.3) is 0 Å². The van der Waals surface area contributed by atoms with E-state index in [2.05, 4.69) is 26.6 Å². The average molecular weight is 892 g/mol. The topological polar surface area (TPSA) is 209 Å². The van der Waals surface area contributed by atoms with Crippen LogP contribution in [-0.4, -0.2) is 89.0 Å². The number of primary amides is 1. The lowest BCUT2D eigenvalue weighted by Gasteiger charge is -2.31. The number of hydrogen-bond acceptors (Lipinski definition) is 8. The molecule has 7 amide bonds. The Labute approximate surface area is 378 Å². The maximum Gasteiger partial charge on any atom is 0.245 e. The summed E-state index contributed by atoms with van der Waals surface area (Å²) >= 11 is 1.50. The van der Waals surface area contributed by atoms with Crippen molar-refractivity contribution in [2.45, 2.75) is 127 Å². The van der Waals surface area contributed by atoms with Gasteiger partial charge in [0, 0.05) is 41.8 Å². The summed E-state index contributed by atoms with van der Waals surface area (Å²) < 4.78 is 1.02. The Morgan fingerprint density at radius 2 is 1.31 bits per heavy atom. The van der Waals surface area contributed by atoms with Crippen LogP contribution in [0.25, 0.3) is 10.1 Å². The number of nitrogens with one attached hydrogen (secondary N) is 5. The summed E-state index contributed by atoms with van der Waals surface area (Å²) in [5, 5.41) is 15.2. The summed E-state index contributed by atoms with van der Waals surface area (Å²) in [6.07, 6.45) is 6.42. The van der Waals surface area contributed by atoms with Gasteiger partial charge >= 0.3 is 0 Å². The van der Waals surface area contributed by atoms with Crippen molar-refractivity contribution < 1.29 is 33.6 Å². The van der Waals surface area contributed by atoms with Gasteiger partial charge in [-0.15, -0.1) is 11.3 Å². The van der Waals surface area contributed by atoms with E-state index in [0.717, 1.165) is 58.2 Å². The van der Waals surface area contributed by atoms with Crippen LogP contribution in [0, 0.1) is 5.92 Å². The van der Waals surface area contributed by atoms with Crippen LogP contribution in [0.5, 0.6) is 0 Å². The summed E-state index contributed by atoms with van der Waals surface area (Å²) in [5.41, 5.74) is 7.52. The molecule has 2 fully saturated rings. The van der Waals surface area contributed by atoms with Gasteiger partial charge < -0.3 is 37.2 Å². The minimum Gasteiger partial charge on any atom is -0.368 e. The van der Waals surface area contributed by atoms with Crippen LogP contribution >= 0.6 is 11.3 Å². The zero-order valence-electron chi connectivity index (χ0n) is 36.8. The Kier molecular flexibility index (Phi) is 16.7. The smallest absolute Gasteiger partial charge is 0.245 e. The first-order chi connectivity index (χ1) is 30.8. The molecule has 1 aliphatic heterocycles. The van der Waals surface area contributed by atoms with Crippen LogP contribution in [0.3, 0.4) is 0 Å². The Morgan fingerprint density at radius 3 is 1.98 bits per heavy atom. The van der Waals surface area contributed by atoms with Crippen LogP contribution in [0.1, 0.15) is 94.1 Å². The molecule has 7 N–H and O–H groups in total. The third-order valence-electron chi connectivity index (χ3n) is 12.4. The van der Waals surface area contributed by atoms with E-state index in [1.54, 1.807) is 13.8 Å². The first kappa shape index (κ1) is 47.4. The van der Waals surface area contributed by atoms with E-state index in [9.17, 15) is 33.6 Å². The average Bonchev–Trinajstić information content (AvgIpc) is 3.95. The minimum absolute atomic E-state index is 0.120. The van der Waals surface area contributed by atoms with Crippen LogP contribution in [0.2, 0.25) is 0 Å². The normalized spacial score (nSPS) is 18.1. The van der Waals surface area contributed by atoms with Gasteiger partial charge in [-0.3, -0.25) is 33.6 Å². The number of amides is 7. The molecule has 1 saturated heterocycles. The predicted octanol–water partition coefficient (Wildman–Crippen LogP) is 4.40. The van der Waals surface area contributed by atoms with Crippen molar-refractivity contribution in [1.29, 1.82) is 0 Å². The molecule has 1 aromatic heterocycles. The van der Waals surface area contributed by atoms with Gasteiger partial charge in [0.15, 0.2) is 0 Å². The molecule has 1 unspecified atom stereocenters. The molecule has 1 aliphatic carbocycles. The van der Waals surface area contributed by atoms with Crippen LogP contribution in [-0.2, 0) is 46.4 Å². The molecule has 7 atom stereocenters. The van der Waals surface area contributed by atoms with E-state index in [-0.39, 0.29) is 25.3 Å². The molecular weight excluding hydrogens is 831 g/mol. The highest BCUT2D eigenvalue weighted by molar-refractivity contribution is 7.19. The minimum atomic E-state index is -1.13. The maximum atomic E-state index is 14.6. The van der Waals surface area contributed by atoms with E-state index >= 15 is 0 Å². The van der Waals surface area contributed by atoms with Crippen molar-refractivity contribution in [2.24, 2.45) is 11.7 Å². The number of thiophene rings is 1. The van der Waals surface area contributed by atoms with E-state index in [4.69, 9.17) is 5.73 Å². The van der Waals surface area contributed by atoms with Crippen LogP contribution in [0.15, 0.2) is 91.0 Å². The summed E-state index contributed by atoms with van der Waals surface area (Å²) in [7, 11) is 0. The lowest BCUT2D eigenvalue weighted by molar-refractivity contribution is -0.142. The van der Waals surface area contributed by atoms with E-state index in [1.165, 1.54) is 23.2 Å². The van der Waals surface area contributed by atoms with Crippen LogP contribution in [0.4, 0.5) is 0 Å². The fourth-order valence-electron chi connectivity index (χ4n) is 8.95. The lowest BCUT2D eigenvalue weighted by atomic mass is 9.84. The number of fused-ring (bicyclic) bond motifs is 1. The Balaban J connectivity index is 1.19. The maximum absolute atomic E-state index is 14.6. The third kappa shape index (κ3) is 12.8. The van der Waals surface area contributed by atoms with Crippen molar-refractivity contribution in [3.63, 3.8) is 0 Å². The van der Waals surface area contributed by atoms with Crippen molar-refractivity contribution in [1.82, 2.24) is 31.5 Å². The number of rotatable bonds is 19. The fraction of sp³-hybridized carbons (Fsp3) is 0.449. The first-order valence-electron chi connectivity index (χ1n) is 22.4. The van der Waals surface area contributed by atoms with Gasteiger partial charge in [0.05, 0.1) is 0 Å². The standard InChI is InChI=1S/C49H61N7O7S/c1-30(35-20-11-6-12-21-35)43(44(50)58)55-47(61)40(29-37-28-36-22-13-14-24-42(36)64-37)53-46(60)39(27-34-18-9-5-10-19-34)54-48(62)41-23-15-25-56(41)49(63)31(2)51-45(59)38(52-32(3)57)26-33-16-7-4-8-17-33/h4,6-8,11-14,16-17,20-22,24,28,30-31,34,38-41,43H,5,9-10,15,18-19,23,25-27,29H2,1-3H3,(H2,50,58)(H,51,59)(H,52,57)(H,53,60)(H,54,62)(H,55,61)/t30?,31-,38-,39+,40-,41-,43-/m0/s1. The molecule has 340 valence electrons. The Bertz CT molecular complexity index is 2230. The summed E-state index contributed by atoms with van der Waals surface area (Å²) in [5.74, 6) is -4.07. The number of likely N-dealkylation sites (tertiary alicyclic amines) is 1. The van der Waals surface area contributed by atoms with Crippen molar-refractivity contribution in [3.05, 3.63) is 107 Å². The van der Waals surface area contributed by atoms with E-state index in [0.29, 0.717) is 19.3 Å². The number of hydrogen-bond donors (Lipinski definition) is 6. The zero-order chi connectivity index (χ0) is 45.8. The van der Waals surface area contributed by atoms with Gasteiger partial charge in [-0.2, -0.15) is 0 Å². The van der Waals surface area contributed by atoms with Crippen molar-refractivity contribution >= 4 is 62.8 Å². The SMILES string of the molecule is CC(=O)N[C@@H](Cc1ccccc1)C(=O)N[C@@H](C)C(=O)N1CCC[C@H]1C(=O)N[C@H](CC1CCCCC1)C(=O)N[C@@H](Cc1cc2ccccc2s1)C(=O)N[C@H](C(N)=O)C(C)c1ccccc1. The lowest BCUT2D eigenvalue weighted by Crippen LogP contribution is -2.60. The summed E-state index contributed by atoms with van der Waals surface area (Å²) in [4.78, 5) is 97.8. The predicted molar refractivity (Wildman–Crippen MR) is 247 cm³/mol. The highest BCUT2D eigenvalue weighted by atomic mass is 32.1. The molecule has 0 bridgehead atoms. The molecule has 0 radical (unpaired) electrons. The van der Waals surface area contributed by atoms with E-state index < -0.39 is 83.5 Å². The number of nitrogens with zero attached hydrogens (tertiary/aromatic N) is 1. The molecule has 4 aromatic rings. The quantitative estimate of drug-likeness (QED) is 0.0799. The number of carbonyl (C=O) groups is 7. The number of benzene rings is 3. The molecule has 6 rings (SSSR count). The zero-order valence-corrected chi connectivity index (χ0v) is 37.7. The molecule has 2 heterocycles. The summed E-state index contributed by atoms with van der Waals surface area (Å²) in [6, 6.07) is 22.2. The molecule has 64 heavy (non-hydrogen) atoms. The van der Waals surface area contributed by atoms with Gasteiger partial charge in [-0.25, -0.2) is 0 Å². The summed E-state index contributed by atoms with van der Waals surface area (Å²) in [6.45, 7) is 4.95. The molecule has 3 aromatic carbocycles. The third-order valence-corrected chi connectivity index (χ3v) is 13.6. The molecular formula is C49H61N7O7S. The molecule has 14 nitrogen and oxygen atoms in total. The monoisotopic (exact) mass is 891 g/mol. The highest BCUT2D eigenvalue weighted by Crippen LogP contribution is 2.29. The molecule has 2 aliphatic rings. The molecule has 0 spiro atoms. The number of carbonyl (C=O) groups excluding carboxylic acids is 7. The Morgan fingerprint density at radius 1 is 0.688 bits per heavy atom. The Hall–Kier alpha value is -6.09. The van der Waals surface area contributed by atoms with Crippen LogP contribution < -0.4 is 32.3 Å². The van der Waals surface area contributed by atoms with Gasteiger partial charge in [-0.05, 0) is 60.7 Å². The van der Waals surface area contributed by atoms with E-state index in [1.807, 2.05) is 91.0 Å². The van der Waals surface area contributed by atoms with Gasteiger partial charge in [0.1, 0.15) is 36.3 Å². The van der Waals surface area contributed by atoms with Crippen molar-refractivity contribution in [2.75, 3.05) is 6.54 Å². The second-order valence-corrected chi connectivity index (χ2v) is 18.4. The number of nitrogens with two attached hydrogens (primary N) is 1. The molecule has 15 heteroatoms. The van der Waals surface area contributed by atoms with Gasteiger partial charge in [-0.1, -0.05) is 118 Å². The van der Waals surface area contributed by atoms with Crippen molar-refractivity contribution in [3.8, 4) is 0 Å².